The van der Waals surface area contributed by atoms with E-state index in [9.17, 15) is 26.3 Å². The van der Waals surface area contributed by atoms with E-state index >= 15 is 0 Å². The number of rotatable bonds is 7. The van der Waals surface area contributed by atoms with Crippen LogP contribution >= 0.6 is 15.9 Å². The van der Waals surface area contributed by atoms with E-state index in [-0.39, 0.29) is 5.92 Å². The van der Waals surface area contributed by atoms with Gasteiger partial charge in [-0.05, 0) is 176 Å². The highest BCUT2D eigenvalue weighted by Gasteiger charge is 2.39. The molecule has 52 heavy (non-hydrogen) atoms. The molecule has 0 radical (unpaired) electrons. The van der Waals surface area contributed by atoms with E-state index in [1.807, 2.05) is 0 Å². The highest BCUT2D eigenvalue weighted by molar-refractivity contribution is 9.09. The number of halogens is 7. The van der Waals surface area contributed by atoms with E-state index in [1.54, 1.807) is 0 Å². The van der Waals surface area contributed by atoms with Crippen molar-refractivity contribution in [3.05, 3.63) is 70.3 Å². The number of hydrogen-bond donors (Lipinski definition) is 0. The van der Waals surface area contributed by atoms with Crippen molar-refractivity contribution in [1.82, 2.24) is 0 Å². The van der Waals surface area contributed by atoms with Crippen molar-refractivity contribution in [1.29, 1.82) is 0 Å². The first-order valence-electron chi connectivity index (χ1n) is 20.3. The molecule has 2 aromatic rings. The van der Waals surface area contributed by atoms with Gasteiger partial charge in [0.25, 0.3) is 0 Å². The summed E-state index contributed by atoms with van der Waals surface area (Å²) in [7, 11) is 0. The van der Waals surface area contributed by atoms with Crippen LogP contribution in [0.2, 0.25) is 0 Å². The minimum absolute atomic E-state index is 0.0181. The molecule has 0 spiro atoms. The lowest BCUT2D eigenvalue weighted by Crippen LogP contribution is -2.37. The number of hydrogen-bond acceptors (Lipinski definition) is 2. The molecule has 6 fully saturated rings. The molecule has 6 aliphatic rings. The van der Waals surface area contributed by atoms with Crippen LogP contribution in [0.15, 0.2) is 30.3 Å². The summed E-state index contributed by atoms with van der Waals surface area (Å²) in [6, 6.07) is 6.14. The van der Waals surface area contributed by atoms with E-state index in [0.29, 0.717) is 35.5 Å². The minimum Gasteiger partial charge on any atom is -0.378 e. The summed E-state index contributed by atoms with van der Waals surface area (Å²) in [5.41, 5.74) is 0.116. The molecule has 2 aromatic carbocycles. The van der Waals surface area contributed by atoms with Gasteiger partial charge in [-0.25, -0.2) is 17.6 Å². The quantitative estimate of drug-likeness (QED) is 0.205. The van der Waals surface area contributed by atoms with E-state index in [1.165, 1.54) is 69.9 Å². The minimum atomic E-state index is -3.70. The maximum absolute atomic E-state index is 14.1. The molecule has 4 unspecified atom stereocenters. The van der Waals surface area contributed by atoms with Gasteiger partial charge in [-0.3, -0.25) is 0 Å². The monoisotopic (exact) mass is 796 g/mol. The van der Waals surface area contributed by atoms with Crippen LogP contribution in [0.1, 0.15) is 144 Å². The molecule has 0 aromatic heterocycles. The van der Waals surface area contributed by atoms with Gasteiger partial charge in [0.2, 0.25) is 0 Å². The number of benzene rings is 2. The molecule has 4 saturated carbocycles. The van der Waals surface area contributed by atoms with Crippen LogP contribution in [0.3, 0.4) is 0 Å². The maximum atomic E-state index is 14.1. The Kier molecular flexibility index (Phi) is 12.7. The molecule has 0 bridgehead atoms. The van der Waals surface area contributed by atoms with Crippen LogP contribution in [0.25, 0.3) is 0 Å². The lowest BCUT2D eigenvalue weighted by Gasteiger charge is -2.42. The Morgan fingerprint density at radius 3 is 1.17 bits per heavy atom. The number of ether oxygens (including phenoxy) is 2. The summed E-state index contributed by atoms with van der Waals surface area (Å²) in [6.45, 7) is 1.85. The predicted molar refractivity (Wildman–Crippen MR) is 195 cm³/mol. The van der Waals surface area contributed by atoms with Crippen LogP contribution in [0, 0.1) is 58.8 Å². The van der Waals surface area contributed by atoms with Crippen LogP contribution in [-0.4, -0.2) is 25.4 Å². The molecule has 2 heterocycles. The smallest absolute Gasteiger partial charge is 0.332 e. The Hall–Kier alpha value is -1.58. The molecular weight excluding hydrogens is 742 g/mol. The van der Waals surface area contributed by atoms with E-state index in [4.69, 9.17) is 9.47 Å². The summed E-state index contributed by atoms with van der Waals surface area (Å²) in [5.74, 6) is 1.53. The van der Waals surface area contributed by atoms with Crippen molar-refractivity contribution < 1.29 is 35.8 Å². The Balaban J connectivity index is 0.000000164. The number of alkyl halides is 3. The first-order valence-corrected chi connectivity index (χ1v) is 21.1. The Morgan fingerprint density at radius 2 is 0.846 bits per heavy atom. The van der Waals surface area contributed by atoms with Gasteiger partial charge in [0.05, 0.1) is 25.4 Å². The third-order valence-corrected chi connectivity index (χ3v) is 14.5. The Labute approximate surface area is 314 Å². The van der Waals surface area contributed by atoms with Crippen molar-refractivity contribution in [2.45, 2.75) is 144 Å². The summed E-state index contributed by atoms with van der Waals surface area (Å²) < 4.78 is 94.2. The summed E-state index contributed by atoms with van der Waals surface area (Å²) >= 11 is 2.05. The Morgan fingerprint density at radius 1 is 0.462 bits per heavy atom. The molecule has 4 aliphatic carbocycles. The van der Waals surface area contributed by atoms with Gasteiger partial charge in [-0.15, -0.1) is 0 Å². The molecule has 0 N–H and O–H groups in total. The van der Waals surface area contributed by atoms with Gasteiger partial charge in [-0.2, -0.15) is 8.78 Å². The molecule has 288 valence electrons. The van der Waals surface area contributed by atoms with Gasteiger partial charge in [0, 0.05) is 6.07 Å². The van der Waals surface area contributed by atoms with Crippen molar-refractivity contribution in [2.24, 2.45) is 35.5 Å². The molecule has 2 saturated heterocycles. The topological polar surface area (TPSA) is 18.5 Å². The summed E-state index contributed by atoms with van der Waals surface area (Å²) in [5, 5.41) is 0. The molecule has 2 nitrogen and oxygen atoms in total. The third kappa shape index (κ3) is 9.26. The first-order chi connectivity index (χ1) is 25.0. The second kappa shape index (κ2) is 17.1. The predicted octanol–water partition coefficient (Wildman–Crippen LogP) is 13.1. The molecule has 0 amide bonds. The Bertz CT molecular complexity index is 1420. The van der Waals surface area contributed by atoms with Crippen molar-refractivity contribution >= 4 is 15.9 Å². The van der Waals surface area contributed by atoms with Crippen LogP contribution in [-0.2, 0) is 14.3 Å². The zero-order valence-electron chi connectivity index (χ0n) is 30.3. The lowest BCUT2D eigenvalue weighted by molar-refractivity contribution is -0.0758. The van der Waals surface area contributed by atoms with Crippen LogP contribution in [0.4, 0.5) is 26.3 Å². The van der Waals surface area contributed by atoms with Crippen LogP contribution < -0.4 is 0 Å². The molecule has 9 heteroatoms. The average Bonchev–Trinajstić information content (AvgIpc) is 3.07. The maximum Gasteiger partial charge on any atom is 0.332 e. The lowest BCUT2D eigenvalue weighted by atomic mass is 9.71. The zero-order chi connectivity index (χ0) is 36.4. The highest BCUT2D eigenvalue weighted by Crippen LogP contribution is 2.46. The summed E-state index contributed by atoms with van der Waals surface area (Å²) in [4.78, 5) is -3.70. The second-order valence-electron chi connectivity index (χ2n) is 17.1. The van der Waals surface area contributed by atoms with Gasteiger partial charge in [0.15, 0.2) is 0 Å². The standard InChI is InChI=1S/C22H27BrF4O.C21H28F2O/c23-22(26,27)21-18(24)10-17(11-19(21)25)14-4-6-15(7-5-14)20-9-8-16(12-28-20)13-2-1-3-13;22-19-10-18(11-20(23)12-19)15-4-6-16(7-5-15)21-9-8-17(13-24-21)14-2-1-3-14/h10-11,13-16,20H,1-9,12H2;10-12,14-17,21H,1-9,13H2. The fourth-order valence-corrected chi connectivity index (χ4v) is 10.8. The molecule has 2 aliphatic heterocycles. The van der Waals surface area contributed by atoms with Crippen molar-refractivity contribution in [3.63, 3.8) is 0 Å². The van der Waals surface area contributed by atoms with Gasteiger partial charge in [0.1, 0.15) is 28.8 Å². The normalized spacial score (nSPS) is 33.4. The van der Waals surface area contributed by atoms with Crippen LogP contribution in [0.5, 0.6) is 0 Å². The van der Waals surface area contributed by atoms with Crippen molar-refractivity contribution in [3.8, 4) is 0 Å². The fourth-order valence-electron chi connectivity index (χ4n) is 10.5. The van der Waals surface area contributed by atoms with Gasteiger partial charge < -0.3 is 9.47 Å². The van der Waals surface area contributed by atoms with Gasteiger partial charge in [-0.1, -0.05) is 38.5 Å². The van der Waals surface area contributed by atoms with Gasteiger partial charge >= 0.3 is 4.83 Å². The van der Waals surface area contributed by atoms with E-state index in [2.05, 4.69) is 15.9 Å². The third-order valence-electron chi connectivity index (χ3n) is 14.1. The second-order valence-corrected chi connectivity index (χ2v) is 18.1. The van der Waals surface area contributed by atoms with Crippen molar-refractivity contribution in [2.75, 3.05) is 13.2 Å². The van der Waals surface area contributed by atoms with E-state index < -0.39 is 33.7 Å². The first kappa shape index (κ1) is 38.7. The largest absolute Gasteiger partial charge is 0.378 e. The molecule has 4 atom stereocenters. The zero-order valence-corrected chi connectivity index (χ0v) is 31.9. The average molecular weight is 798 g/mol. The van der Waals surface area contributed by atoms with E-state index in [0.717, 1.165) is 118 Å². The molecule has 8 rings (SSSR count). The fraction of sp³-hybridized carbons (Fsp3) is 0.721. The SMILES string of the molecule is Fc1cc(C2CCC(C3CCC(C4CCC4)CO3)CC2)cc(F)c1C(F)(F)Br.Fc1cc(F)cc(C2CCC(C3CCC(C4CCC4)CO3)CC2)c1. The highest BCUT2D eigenvalue weighted by atomic mass is 79.9. The summed E-state index contributed by atoms with van der Waals surface area (Å²) in [6.07, 6.45) is 21.8. The molecular formula is C43H55BrF6O2.